The molecule has 0 aromatic carbocycles. The molecule has 1 heterocycles. The average Bonchev–Trinajstić information content (AvgIpc) is 2.63. The second-order valence-corrected chi connectivity index (χ2v) is 4.97. The number of hydrogen-bond donors (Lipinski definition) is 1. The molecule has 1 aromatic heterocycles. The van der Waals surface area contributed by atoms with Crippen LogP contribution in [0.3, 0.4) is 0 Å². The summed E-state index contributed by atoms with van der Waals surface area (Å²) in [7, 11) is 0. The van der Waals surface area contributed by atoms with Gasteiger partial charge >= 0.3 is 0 Å². The minimum atomic E-state index is 0.559. The molecule has 0 aliphatic carbocycles. The number of aryl methyl sites for hydroxylation is 1. The zero-order valence-corrected chi connectivity index (χ0v) is 11.0. The van der Waals surface area contributed by atoms with Gasteiger partial charge in [-0.1, -0.05) is 13.8 Å². The lowest BCUT2D eigenvalue weighted by atomic mass is 10.1. The lowest BCUT2D eigenvalue weighted by Gasteiger charge is -2.15. The van der Waals surface area contributed by atoms with Gasteiger partial charge in [0.2, 0.25) is 0 Å². The minimum absolute atomic E-state index is 0.559. The molecule has 0 radical (unpaired) electrons. The molecule has 3 nitrogen and oxygen atoms in total. The number of nitrogens with one attached hydrogen (secondary N) is 1. The minimum Gasteiger partial charge on any atom is -0.332 e. The summed E-state index contributed by atoms with van der Waals surface area (Å²) in [5, 5.41) is 3.48. The van der Waals surface area contributed by atoms with Crippen molar-refractivity contribution in [1.82, 2.24) is 14.9 Å². The van der Waals surface area contributed by atoms with Crippen molar-refractivity contribution in [2.24, 2.45) is 5.92 Å². The number of nitrogens with zero attached hydrogens (tertiary/aromatic N) is 2. The number of rotatable bonds is 7. The van der Waals surface area contributed by atoms with E-state index < -0.39 is 0 Å². The third-order valence-electron chi connectivity index (χ3n) is 2.87. The summed E-state index contributed by atoms with van der Waals surface area (Å²) >= 11 is 0. The highest BCUT2D eigenvalue weighted by Gasteiger charge is 2.06. The maximum absolute atomic E-state index is 4.25. The molecule has 0 spiro atoms. The summed E-state index contributed by atoms with van der Waals surface area (Å²) in [4.78, 5) is 4.25. The summed E-state index contributed by atoms with van der Waals surface area (Å²) in [6.45, 7) is 11.0. The molecule has 0 saturated carbocycles. The molecule has 0 aliphatic heterocycles. The Morgan fingerprint density at radius 3 is 2.69 bits per heavy atom. The highest BCUT2D eigenvalue weighted by molar-refractivity contribution is 4.91. The standard InChI is InChI=1S/C13H25N3/c1-11(2)10-14-7-5-6-12(3)16-9-8-15-13(16)4/h8-9,11-12,14H,5-7,10H2,1-4H3. The highest BCUT2D eigenvalue weighted by Crippen LogP contribution is 2.14. The SMILES string of the molecule is Cc1nccn1C(C)CCCNCC(C)C. The summed E-state index contributed by atoms with van der Waals surface area (Å²) in [5.41, 5.74) is 0. The molecule has 3 heteroatoms. The van der Waals surface area contributed by atoms with Crippen molar-refractivity contribution in [2.75, 3.05) is 13.1 Å². The molecule has 0 saturated heterocycles. The Balaban J connectivity index is 2.16. The summed E-state index contributed by atoms with van der Waals surface area (Å²) < 4.78 is 2.25. The molecule has 1 N–H and O–H groups in total. The van der Waals surface area contributed by atoms with E-state index in [1.807, 2.05) is 6.20 Å². The first kappa shape index (κ1) is 13.2. The van der Waals surface area contributed by atoms with Gasteiger partial charge in [-0.2, -0.15) is 0 Å². The van der Waals surface area contributed by atoms with E-state index >= 15 is 0 Å². The van der Waals surface area contributed by atoms with Crippen LogP contribution in [0.1, 0.15) is 45.5 Å². The van der Waals surface area contributed by atoms with Gasteiger partial charge in [0.25, 0.3) is 0 Å². The maximum atomic E-state index is 4.25. The van der Waals surface area contributed by atoms with Crippen LogP contribution in [0.4, 0.5) is 0 Å². The fourth-order valence-corrected chi connectivity index (χ4v) is 1.91. The van der Waals surface area contributed by atoms with E-state index in [1.54, 1.807) is 0 Å². The van der Waals surface area contributed by atoms with E-state index in [4.69, 9.17) is 0 Å². The second-order valence-electron chi connectivity index (χ2n) is 4.97. The Morgan fingerprint density at radius 1 is 1.38 bits per heavy atom. The van der Waals surface area contributed by atoms with Gasteiger partial charge in [0.1, 0.15) is 5.82 Å². The van der Waals surface area contributed by atoms with E-state index in [2.05, 4.69) is 48.8 Å². The predicted molar refractivity (Wildman–Crippen MR) is 68.6 cm³/mol. The van der Waals surface area contributed by atoms with E-state index in [9.17, 15) is 0 Å². The van der Waals surface area contributed by atoms with Crippen LogP contribution in [0.15, 0.2) is 12.4 Å². The first-order chi connectivity index (χ1) is 7.61. The van der Waals surface area contributed by atoms with Crippen LogP contribution in [-0.2, 0) is 0 Å². The van der Waals surface area contributed by atoms with E-state index in [-0.39, 0.29) is 0 Å². The highest BCUT2D eigenvalue weighted by atomic mass is 15.1. The number of imidazole rings is 1. The normalized spacial score (nSPS) is 13.3. The molecular formula is C13H25N3. The quantitative estimate of drug-likeness (QED) is 0.720. The topological polar surface area (TPSA) is 29.9 Å². The van der Waals surface area contributed by atoms with Crippen molar-refractivity contribution < 1.29 is 0 Å². The second kappa shape index (κ2) is 6.69. The van der Waals surface area contributed by atoms with Gasteiger partial charge in [-0.05, 0) is 45.7 Å². The largest absolute Gasteiger partial charge is 0.332 e. The van der Waals surface area contributed by atoms with Crippen molar-refractivity contribution in [2.45, 2.75) is 46.6 Å². The summed E-state index contributed by atoms with van der Waals surface area (Å²) in [6, 6.07) is 0.559. The van der Waals surface area contributed by atoms with Crippen LogP contribution in [0.25, 0.3) is 0 Å². The molecule has 0 bridgehead atoms. The Bertz CT molecular complexity index is 291. The zero-order valence-electron chi connectivity index (χ0n) is 11.0. The molecule has 0 fully saturated rings. The van der Waals surface area contributed by atoms with Gasteiger partial charge in [0, 0.05) is 18.4 Å². The summed E-state index contributed by atoms with van der Waals surface area (Å²) in [5.74, 6) is 1.86. The fraction of sp³-hybridized carbons (Fsp3) is 0.769. The Kier molecular flexibility index (Phi) is 5.53. The molecule has 1 unspecified atom stereocenters. The molecular weight excluding hydrogens is 198 g/mol. The smallest absolute Gasteiger partial charge is 0.105 e. The van der Waals surface area contributed by atoms with Crippen molar-refractivity contribution >= 4 is 0 Å². The van der Waals surface area contributed by atoms with Gasteiger partial charge in [-0.25, -0.2) is 4.98 Å². The average molecular weight is 223 g/mol. The molecule has 1 aromatic rings. The van der Waals surface area contributed by atoms with Crippen LogP contribution in [0.2, 0.25) is 0 Å². The van der Waals surface area contributed by atoms with Crippen LogP contribution in [-0.4, -0.2) is 22.6 Å². The van der Waals surface area contributed by atoms with Gasteiger partial charge in [-0.3, -0.25) is 0 Å². The Morgan fingerprint density at radius 2 is 2.12 bits per heavy atom. The molecule has 0 amide bonds. The zero-order chi connectivity index (χ0) is 12.0. The van der Waals surface area contributed by atoms with Gasteiger partial charge < -0.3 is 9.88 Å². The van der Waals surface area contributed by atoms with Crippen molar-refractivity contribution in [3.63, 3.8) is 0 Å². The first-order valence-corrected chi connectivity index (χ1v) is 6.31. The monoisotopic (exact) mass is 223 g/mol. The van der Waals surface area contributed by atoms with Crippen molar-refractivity contribution in [3.05, 3.63) is 18.2 Å². The first-order valence-electron chi connectivity index (χ1n) is 6.31. The molecule has 16 heavy (non-hydrogen) atoms. The molecule has 0 aliphatic rings. The molecule has 1 rings (SSSR count). The van der Waals surface area contributed by atoms with Gasteiger partial charge in [-0.15, -0.1) is 0 Å². The maximum Gasteiger partial charge on any atom is 0.105 e. The van der Waals surface area contributed by atoms with E-state index in [1.165, 1.54) is 12.8 Å². The Labute approximate surface area is 99.3 Å². The fourth-order valence-electron chi connectivity index (χ4n) is 1.91. The van der Waals surface area contributed by atoms with Crippen LogP contribution in [0.5, 0.6) is 0 Å². The number of hydrogen-bond acceptors (Lipinski definition) is 2. The third kappa shape index (κ3) is 4.35. The van der Waals surface area contributed by atoms with Crippen LogP contribution < -0.4 is 5.32 Å². The van der Waals surface area contributed by atoms with Crippen molar-refractivity contribution in [1.29, 1.82) is 0 Å². The predicted octanol–water partition coefficient (Wildman–Crippen LogP) is 2.78. The van der Waals surface area contributed by atoms with E-state index in [0.717, 1.165) is 24.8 Å². The lowest BCUT2D eigenvalue weighted by Crippen LogP contribution is -2.21. The van der Waals surface area contributed by atoms with Gasteiger partial charge in [0.05, 0.1) is 0 Å². The van der Waals surface area contributed by atoms with Crippen LogP contribution >= 0.6 is 0 Å². The van der Waals surface area contributed by atoms with Crippen LogP contribution in [0, 0.1) is 12.8 Å². The van der Waals surface area contributed by atoms with Gasteiger partial charge in [0.15, 0.2) is 0 Å². The molecule has 1 atom stereocenters. The number of aromatic nitrogens is 2. The third-order valence-corrected chi connectivity index (χ3v) is 2.87. The summed E-state index contributed by atoms with van der Waals surface area (Å²) in [6.07, 6.45) is 6.39. The molecule has 92 valence electrons. The Hall–Kier alpha value is -0.830. The van der Waals surface area contributed by atoms with Crippen molar-refractivity contribution in [3.8, 4) is 0 Å². The van der Waals surface area contributed by atoms with E-state index in [0.29, 0.717) is 6.04 Å². The lowest BCUT2D eigenvalue weighted by molar-refractivity contribution is 0.458.